The van der Waals surface area contributed by atoms with E-state index in [1.165, 1.54) is 0 Å². The van der Waals surface area contributed by atoms with Crippen LogP contribution in [0.1, 0.15) is 5.56 Å². The lowest BCUT2D eigenvalue weighted by Gasteiger charge is -2.03. The number of hydrogen-bond acceptors (Lipinski definition) is 1. The molecule has 13 heavy (non-hydrogen) atoms. The molecule has 1 aromatic rings. The number of hydrogen-bond donors (Lipinski definition) is 1. The number of anilines is 1. The van der Waals surface area contributed by atoms with Crippen molar-refractivity contribution in [2.45, 2.75) is 19.6 Å². The van der Waals surface area contributed by atoms with E-state index in [0.717, 1.165) is 11.3 Å². The predicted molar refractivity (Wildman–Crippen MR) is 61.1 cm³/mol. The first-order valence-corrected chi connectivity index (χ1v) is 7.87. The molecule has 1 nitrogen and oxygen atoms in total. The van der Waals surface area contributed by atoms with E-state index in [-0.39, 0.29) is 0 Å². The minimum atomic E-state index is -1.28. The second kappa shape index (κ2) is 3.67. The maximum atomic E-state index is 5.76. The van der Waals surface area contributed by atoms with Crippen LogP contribution in [0, 0.1) is 11.5 Å². The first-order chi connectivity index (χ1) is 5.99. The van der Waals surface area contributed by atoms with Crippen molar-refractivity contribution >= 4 is 13.8 Å². The normalized spacial score (nSPS) is 10.4. The largest absolute Gasteiger partial charge is 0.398 e. The molecule has 0 radical (unpaired) electrons. The van der Waals surface area contributed by atoms with Crippen molar-refractivity contribution < 1.29 is 0 Å². The third kappa shape index (κ3) is 3.35. The molecule has 0 aliphatic rings. The van der Waals surface area contributed by atoms with E-state index >= 15 is 0 Å². The van der Waals surface area contributed by atoms with Gasteiger partial charge in [0.05, 0.1) is 0 Å². The minimum Gasteiger partial charge on any atom is -0.398 e. The van der Waals surface area contributed by atoms with Crippen molar-refractivity contribution in [3.8, 4) is 11.5 Å². The molecule has 2 heteroatoms. The Bertz CT molecular complexity index is 352. The summed E-state index contributed by atoms with van der Waals surface area (Å²) in [5.74, 6) is 3.14. The van der Waals surface area contributed by atoms with Crippen LogP contribution in [0.15, 0.2) is 24.3 Å². The highest BCUT2D eigenvalue weighted by atomic mass is 28.3. The molecule has 0 atom stereocenters. The van der Waals surface area contributed by atoms with Gasteiger partial charge in [-0.05, 0) is 12.1 Å². The number of benzene rings is 1. The monoisotopic (exact) mass is 189 g/mol. The predicted octanol–water partition coefficient (Wildman–Crippen LogP) is 2.50. The fourth-order valence-electron chi connectivity index (χ4n) is 0.866. The molecule has 68 valence electrons. The molecule has 0 bridgehead atoms. The van der Waals surface area contributed by atoms with Gasteiger partial charge in [0.15, 0.2) is 0 Å². The van der Waals surface area contributed by atoms with Crippen LogP contribution in [0.4, 0.5) is 5.69 Å². The maximum absolute atomic E-state index is 5.76. The van der Waals surface area contributed by atoms with Gasteiger partial charge in [0.2, 0.25) is 0 Å². The van der Waals surface area contributed by atoms with Crippen molar-refractivity contribution in [1.82, 2.24) is 0 Å². The van der Waals surface area contributed by atoms with E-state index in [9.17, 15) is 0 Å². The van der Waals surface area contributed by atoms with Crippen LogP contribution >= 0.6 is 0 Å². The molecule has 0 aliphatic heterocycles. The summed E-state index contributed by atoms with van der Waals surface area (Å²) < 4.78 is 0. The molecule has 2 N–H and O–H groups in total. The van der Waals surface area contributed by atoms with Gasteiger partial charge < -0.3 is 5.73 Å². The smallest absolute Gasteiger partial charge is 0.129 e. The third-order valence-electron chi connectivity index (χ3n) is 1.53. The Kier molecular flexibility index (Phi) is 2.79. The molecule has 0 fully saturated rings. The van der Waals surface area contributed by atoms with E-state index in [0.29, 0.717) is 0 Å². The van der Waals surface area contributed by atoms with Crippen LogP contribution in [0.3, 0.4) is 0 Å². The van der Waals surface area contributed by atoms with E-state index < -0.39 is 8.07 Å². The van der Waals surface area contributed by atoms with E-state index in [1.807, 2.05) is 24.3 Å². The number of nitrogen functional groups attached to an aromatic ring is 1. The van der Waals surface area contributed by atoms with E-state index in [4.69, 9.17) is 5.73 Å². The van der Waals surface area contributed by atoms with Crippen molar-refractivity contribution in [3.05, 3.63) is 29.8 Å². The van der Waals surface area contributed by atoms with Crippen LogP contribution in [0.2, 0.25) is 19.6 Å². The summed E-state index contributed by atoms with van der Waals surface area (Å²) in [6.07, 6.45) is 0. The second-order valence-electron chi connectivity index (χ2n) is 4.09. The molecule has 0 aliphatic carbocycles. The van der Waals surface area contributed by atoms with Crippen molar-refractivity contribution in [2.24, 2.45) is 0 Å². The van der Waals surface area contributed by atoms with Crippen LogP contribution in [0.25, 0.3) is 0 Å². The molecule has 1 rings (SSSR count). The van der Waals surface area contributed by atoms with Gasteiger partial charge in [-0.3, -0.25) is 0 Å². The molecule has 1 aromatic carbocycles. The fraction of sp³-hybridized carbons (Fsp3) is 0.273. The van der Waals surface area contributed by atoms with Gasteiger partial charge in [-0.25, -0.2) is 0 Å². The highest BCUT2D eigenvalue weighted by Crippen LogP contribution is 2.08. The zero-order valence-corrected chi connectivity index (χ0v) is 9.39. The minimum absolute atomic E-state index is 0.772. The first kappa shape index (κ1) is 9.88. The molecule has 0 spiro atoms. The number of rotatable bonds is 0. The van der Waals surface area contributed by atoms with Gasteiger partial charge >= 0.3 is 0 Å². The Morgan fingerprint density at radius 1 is 1.15 bits per heavy atom. The Morgan fingerprint density at radius 2 is 1.77 bits per heavy atom. The fourth-order valence-corrected chi connectivity index (χ4v) is 1.38. The van der Waals surface area contributed by atoms with Crippen molar-refractivity contribution in [2.75, 3.05) is 5.73 Å². The average molecular weight is 189 g/mol. The van der Waals surface area contributed by atoms with Crippen LogP contribution in [0.5, 0.6) is 0 Å². The molecular formula is C11H15NSi. The summed E-state index contributed by atoms with van der Waals surface area (Å²) >= 11 is 0. The van der Waals surface area contributed by atoms with Gasteiger partial charge in [0.25, 0.3) is 0 Å². The van der Waals surface area contributed by atoms with Gasteiger partial charge in [-0.15, -0.1) is 5.54 Å². The van der Waals surface area contributed by atoms with Gasteiger partial charge in [0.1, 0.15) is 8.07 Å². The summed E-state index contributed by atoms with van der Waals surface area (Å²) in [6.45, 7) is 6.66. The zero-order chi connectivity index (χ0) is 9.90. The lowest BCUT2D eigenvalue weighted by Crippen LogP contribution is -2.16. The van der Waals surface area contributed by atoms with Crippen molar-refractivity contribution in [1.29, 1.82) is 0 Å². The number of para-hydroxylation sites is 1. The quantitative estimate of drug-likeness (QED) is 0.379. The summed E-state index contributed by atoms with van der Waals surface area (Å²) in [5.41, 5.74) is 10.8. The first-order valence-electron chi connectivity index (χ1n) is 4.37. The summed E-state index contributed by atoms with van der Waals surface area (Å²) in [7, 11) is -1.28. The maximum Gasteiger partial charge on any atom is 0.129 e. The zero-order valence-electron chi connectivity index (χ0n) is 8.39. The highest BCUT2D eigenvalue weighted by Gasteiger charge is 2.07. The topological polar surface area (TPSA) is 26.0 Å². The van der Waals surface area contributed by atoms with Crippen LogP contribution < -0.4 is 5.73 Å². The van der Waals surface area contributed by atoms with Gasteiger partial charge in [-0.1, -0.05) is 37.7 Å². The molecular weight excluding hydrogens is 174 g/mol. The summed E-state index contributed by atoms with van der Waals surface area (Å²) in [6, 6.07) is 7.73. The van der Waals surface area contributed by atoms with E-state index in [1.54, 1.807) is 0 Å². The van der Waals surface area contributed by atoms with Crippen molar-refractivity contribution in [3.63, 3.8) is 0 Å². The standard InChI is InChI=1S/C11H15NSi/c1-13(2,3)9-8-10-6-4-5-7-11(10)12/h4-7H,12H2,1-3H3. The summed E-state index contributed by atoms with van der Waals surface area (Å²) in [4.78, 5) is 0. The lowest BCUT2D eigenvalue weighted by atomic mass is 10.2. The molecule has 0 heterocycles. The van der Waals surface area contributed by atoms with Gasteiger partial charge in [-0.2, -0.15) is 0 Å². The molecule has 0 saturated heterocycles. The SMILES string of the molecule is C[Si](C)(C)C#Cc1ccccc1N. The number of nitrogens with two attached hydrogens (primary N) is 1. The average Bonchev–Trinajstić information content (AvgIpc) is 2.01. The Labute approximate surface area is 81.0 Å². The Balaban J connectivity index is 2.97. The summed E-state index contributed by atoms with van der Waals surface area (Å²) in [5, 5.41) is 0. The van der Waals surface area contributed by atoms with Crippen LogP contribution in [-0.4, -0.2) is 8.07 Å². The van der Waals surface area contributed by atoms with Crippen LogP contribution in [-0.2, 0) is 0 Å². The Hall–Kier alpha value is -1.20. The molecule has 0 aromatic heterocycles. The lowest BCUT2D eigenvalue weighted by molar-refractivity contribution is 1.63. The second-order valence-corrected chi connectivity index (χ2v) is 8.84. The highest BCUT2D eigenvalue weighted by molar-refractivity contribution is 6.83. The third-order valence-corrected chi connectivity index (χ3v) is 2.41. The Morgan fingerprint density at radius 3 is 2.31 bits per heavy atom. The van der Waals surface area contributed by atoms with Gasteiger partial charge in [0, 0.05) is 11.3 Å². The molecule has 0 saturated carbocycles. The molecule has 0 amide bonds. The van der Waals surface area contributed by atoms with E-state index in [2.05, 4.69) is 31.1 Å². The molecule has 0 unspecified atom stereocenters.